The first-order valence-corrected chi connectivity index (χ1v) is 8.08. The van der Waals surface area contributed by atoms with Crippen molar-refractivity contribution in [3.63, 3.8) is 0 Å². The van der Waals surface area contributed by atoms with Crippen molar-refractivity contribution < 1.29 is 19.1 Å². The summed E-state index contributed by atoms with van der Waals surface area (Å²) in [5.74, 6) is 0.0165. The lowest BCUT2D eigenvalue weighted by atomic mass is 9.91. The molecular weight excluding hydrogens is 268 g/mol. The third-order valence-electron chi connectivity index (χ3n) is 3.27. The van der Waals surface area contributed by atoms with Crippen LogP contribution < -0.4 is 0 Å². The van der Waals surface area contributed by atoms with Gasteiger partial charge in [0.05, 0.1) is 25.6 Å². The molecule has 0 aliphatic rings. The van der Waals surface area contributed by atoms with Crippen molar-refractivity contribution in [1.82, 2.24) is 0 Å². The van der Waals surface area contributed by atoms with Gasteiger partial charge in [0.15, 0.2) is 0 Å². The van der Waals surface area contributed by atoms with E-state index in [-0.39, 0.29) is 18.4 Å². The lowest BCUT2D eigenvalue weighted by Crippen LogP contribution is -2.25. The van der Waals surface area contributed by atoms with Crippen LogP contribution in [-0.4, -0.2) is 25.2 Å². The molecule has 0 aromatic heterocycles. The number of ether oxygens (including phenoxy) is 2. The van der Waals surface area contributed by atoms with Crippen LogP contribution in [0.5, 0.6) is 0 Å². The second kappa shape index (κ2) is 10.6. The maximum Gasteiger partial charge on any atom is 0.309 e. The number of carbonyl (C=O) groups excluding carboxylic acids is 2. The highest BCUT2D eigenvalue weighted by molar-refractivity contribution is 5.80. The molecule has 0 saturated heterocycles. The molecule has 0 saturated carbocycles. The van der Waals surface area contributed by atoms with Gasteiger partial charge in [0.25, 0.3) is 0 Å². The Balaban J connectivity index is 4.50. The van der Waals surface area contributed by atoms with Crippen molar-refractivity contribution in [3.05, 3.63) is 0 Å². The van der Waals surface area contributed by atoms with Crippen molar-refractivity contribution in [1.29, 1.82) is 0 Å². The molecule has 0 fully saturated rings. The smallest absolute Gasteiger partial charge is 0.309 e. The largest absolute Gasteiger partial charge is 0.465 e. The zero-order valence-corrected chi connectivity index (χ0v) is 14.5. The molecule has 0 aromatic rings. The van der Waals surface area contributed by atoms with E-state index < -0.39 is 5.92 Å². The van der Waals surface area contributed by atoms with Gasteiger partial charge < -0.3 is 9.47 Å². The van der Waals surface area contributed by atoms with Crippen molar-refractivity contribution in [2.45, 2.75) is 60.8 Å². The molecule has 2 atom stereocenters. The molecule has 0 aliphatic carbocycles. The summed E-state index contributed by atoms with van der Waals surface area (Å²) in [6, 6.07) is 0. The number of rotatable bonds is 10. The number of carbonyl (C=O) groups is 2. The van der Waals surface area contributed by atoms with E-state index in [4.69, 9.17) is 9.47 Å². The molecule has 21 heavy (non-hydrogen) atoms. The zero-order valence-electron chi connectivity index (χ0n) is 14.5. The van der Waals surface area contributed by atoms with Crippen LogP contribution in [-0.2, 0) is 19.1 Å². The highest BCUT2D eigenvalue weighted by Crippen LogP contribution is 2.21. The van der Waals surface area contributed by atoms with E-state index in [1.165, 1.54) is 0 Å². The average Bonchev–Trinajstić information content (AvgIpc) is 2.41. The summed E-state index contributed by atoms with van der Waals surface area (Å²) in [6.45, 7) is 12.9. The van der Waals surface area contributed by atoms with Crippen molar-refractivity contribution in [2.75, 3.05) is 13.2 Å². The fraction of sp³-hybridized carbons (Fsp3) is 0.882. The Bertz CT molecular complexity index is 310. The van der Waals surface area contributed by atoms with Crippen LogP contribution >= 0.6 is 0 Å². The van der Waals surface area contributed by atoms with Crippen LogP contribution in [0.25, 0.3) is 0 Å². The van der Waals surface area contributed by atoms with Gasteiger partial charge in [-0.1, -0.05) is 48.0 Å². The van der Waals surface area contributed by atoms with Gasteiger partial charge in [0.2, 0.25) is 0 Å². The molecule has 0 rings (SSSR count). The minimum atomic E-state index is -0.390. The highest BCUT2D eigenvalue weighted by atomic mass is 16.5. The van der Waals surface area contributed by atoms with Gasteiger partial charge in [-0.15, -0.1) is 0 Å². The minimum absolute atomic E-state index is 0.119. The Kier molecular flexibility index (Phi) is 10.1. The molecule has 124 valence electrons. The van der Waals surface area contributed by atoms with Gasteiger partial charge in [0, 0.05) is 0 Å². The maximum atomic E-state index is 12.1. The summed E-state index contributed by atoms with van der Waals surface area (Å²) in [6.07, 6.45) is 1.77. The lowest BCUT2D eigenvalue weighted by molar-refractivity contribution is -0.157. The molecule has 0 radical (unpaired) electrons. The van der Waals surface area contributed by atoms with Gasteiger partial charge in [-0.05, 0) is 24.2 Å². The Morgan fingerprint density at radius 1 is 0.905 bits per heavy atom. The van der Waals surface area contributed by atoms with Crippen molar-refractivity contribution >= 4 is 11.9 Å². The van der Waals surface area contributed by atoms with E-state index in [0.717, 1.165) is 6.42 Å². The average molecular weight is 300 g/mol. The quantitative estimate of drug-likeness (QED) is 0.575. The Labute approximate surface area is 129 Å². The van der Waals surface area contributed by atoms with E-state index >= 15 is 0 Å². The molecule has 0 N–H and O–H groups in total. The van der Waals surface area contributed by atoms with Crippen LogP contribution in [0.15, 0.2) is 0 Å². The minimum Gasteiger partial charge on any atom is -0.465 e. The predicted molar refractivity (Wildman–Crippen MR) is 83.8 cm³/mol. The number of hydrogen-bond acceptors (Lipinski definition) is 4. The molecule has 4 heteroatoms. The van der Waals surface area contributed by atoms with E-state index in [1.54, 1.807) is 0 Å². The van der Waals surface area contributed by atoms with Crippen LogP contribution in [0.4, 0.5) is 0 Å². The van der Waals surface area contributed by atoms with Crippen molar-refractivity contribution in [2.24, 2.45) is 23.7 Å². The van der Waals surface area contributed by atoms with Crippen LogP contribution in [0.1, 0.15) is 60.8 Å². The molecular formula is C17H32O4. The molecule has 0 heterocycles. The summed E-state index contributed by atoms with van der Waals surface area (Å²) < 4.78 is 10.5. The summed E-state index contributed by atoms with van der Waals surface area (Å²) >= 11 is 0. The van der Waals surface area contributed by atoms with E-state index in [2.05, 4.69) is 13.8 Å². The van der Waals surface area contributed by atoms with Gasteiger partial charge in [0.1, 0.15) is 0 Å². The van der Waals surface area contributed by atoms with Gasteiger partial charge in [-0.3, -0.25) is 9.59 Å². The Morgan fingerprint density at radius 3 is 1.90 bits per heavy atom. The summed E-state index contributed by atoms with van der Waals surface area (Å²) in [5.41, 5.74) is 0. The molecule has 0 bridgehead atoms. The molecule has 4 nitrogen and oxygen atoms in total. The summed E-state index contributed by atoms with van der Waals surface area (Å²) in [7, 11) is 0. The third kappa shape index (κ3) is 10.3. The van der Waals surface area contributed by atoms with Gasteiger partial charge in [-0.25, -0.2) is 0 Å². The summed E-state index contributed by atoms with van der Waals surface area (Å²) in [5, 5.41) is 0. The second-order valence-corrected chi connectivity index (χ2v) is 6.75. The SMILES string of the molecule is CCC(C)CC(CC(=O)OCC(C)C)C(=O)OCC(C)C. The normalized spacial score (nSPS) is 14.1. The first-order chi connectivity index (χ1) is 9.76. The van der Waals surface area contributed by atoms with Crippen LogP contribution in [0.3, 0.4) is 0 Å². The zero-order chi connectivity index (χ0) is 16.4. The molecule has 0 aliphatic heterocycles. The molecule has 2 unspecified atom stereocenters. The van der Waals surface area contributed by atoms with Gasteiger partial charge >= 0.3 is 11.9 Å². The number of hydrogen-bond donors (Lipinski definition) is 0. The van der Waals surface area contributed by atoms with E-state index in [9.17, 15) is 9.59 Å². The topological polar surface area (TPSA) is 52.6 Å². The van der Waals surface area contributed by atoms with E-state index in [1.807, 2.05) is 27.7 Å². The Morgan fingerprint density at radius 2 is 1.43 bits per heavy atom. The molecule has 0 aromatic carbocycles. The fourth-order valence-corrected chi connectivity index (χ4v) is 1.80. The van der Waals surface area contributed by atoms with Crippen LogP contribution in [0, 0.1) is 23.7 Å². The first-order valence-electron chi connectivity index (χ1n) is 8.08. The molecule has 0 amide bonds. The summed E-state index contributed by atoms with van der Waals surface area (Å²) in [4.78, 5) is 24.0. The fourth-order valence-electron chi connectivity index (χ4n) is 1.80. The maximum absolute atomic E-state index is 12.1. The first kappa shape index (κ1) is 19.9. The molecule has 0 spiro atoms. The third-order valence-corrected chi connectivity index (χ3v) is 3.27. The Hall–Kier alpha value is -1.06. The van der Waals surface area contributed by atoms with Crippen molar-refractivity contribution in [3.8, 4) is 0 Å². The second-order valence-electron chi connectivity index (χ2n) is 6.75. The van der Waals surface area contributed by atoms with E-state index in [0.29, 0.717) is 37.4 Å². The standard InChI is InChI=1S/C17H32O4/c1-7-14(6)8-15(17(19)21-11-13(4)5)9-16(18)20-10-12(2)3/h12-15H,7-11H2,1-6H3. The number of esters is 2. The highest BCUT2D eigenvalue weighted by Gasteiger charge is 2.26. The van der Waals surface area contributed by atoms with Crippen LogP contribution in [0.2, 0.25) is 0 Å². The predicted octanol–water partition coefficient (Wildman–Crippen LogP) is 3.83. The lowest BCUT2D eigenvalue weighted by Gasteiger charge is -2.19. The van der Waals surface area contributed by atoms with Gasteiger partial charge in [-0.2, -0.15) is 0 Å². The monoisotopic (exact) mass is 300 g/mol.